The number of hydrogen-bond donors (Lipinski definition) is 16. The average molecular weight is 1360 g/mol. The molecule has 31 heteroatoms. The number of phenols is 2. The third-order valence-corrected chi connectivity index (χ3v) is 18.0. The van der Waals surface area contributed by atoms with E-state index in [9.17, 15) is 72.9 Å². The van der Waals surface area contributed by atoms with Crippen LogP contribution in [0.3, 0.4) is 0 Å². The predicted octanol–water partition coefficient (Wildman–Crippen LogP) is -0.111. The number of phenolic OH excluding ortho intramolecular Hbond substituents is 2. The van der Waals surface area contributed by atoms with E-state index in [1.54, 1.807) is 33.0 Å². The maximum absolute atomic E-state index is 14.9. The summed E-state index contributed by atoms with van der Waals surface area (Å²) in [5.41, 5.74) is 19.6. The first-order chi connectivity index (χ1) is 45.4. The highest BCUT2D eigenvalue weighted by atomic mass is 33.1. The topological polar surface area (TPSA) is 471 Å². The molecule has 518 valence electrons. The number of nitrogens with two attached hydrogens (primary N) is 3. The Hall–Kier alpha value is -8.94. The molecule has 95 heavy (non-hydrogen) atoms. The van der Waals surface area contributed by atoms with E-state index in [1.807, 2.05) is 18.2 Å². The van der Waals surface area contributed by atoms with Gasteiger partial charge in [0.25, 0.3) is 0 Å². The van der Waals surface area contributed by atoms with Crippen molar-refractivity contribution >= 4 is 103 Å². The van der Waals surface area contributed by atoms with Crippen molar-refractivity contribution in [1.82, 2.24) is 57.7 Å². The molecule has 1 aromatic heterocycles. The van der Waals surface area contributed by atoms with Crippen molar-refractivity contribution in [2.24, 2.45) is 23.1 Å². The monoisotopic (exact) mass is 1360 g/mol. The van der Waals surface area contributed by atoms with Crippen LogP contribution in [0.2, 0.25) is 0 Å². The largest absolute Gasteiger partial charge is 0.508 e. The van der Waals surface area contributed by atoms with Crippen molar-refractivity contribution in [3.05, 3.63) is 95.7 Å². The van der Waals surface area contributed by atoms with Crippen molar-refractivity contribution < 1.29 is 72.9 Å². The van der Waals surface area contributed by atoms with E-state index < -0.39 is 145 Å². The minimum absolute atomic E-state index is 0.0119. The lowest BCUT2D eigenvalue weighted by Crippen LogP contribution is -2.61. The number of carboxylic acids is 1. The number of hydrogen-bond acceptors (Lipinski definition) is 18. The SMILES string of the molecule is CCN(CC(=O)N[C@@H](Cc1ccc(O)cc1)C(=O)N[C@H]1CSSC[C@@H](C(N)=O)NC(=O)[C@H](CCC(=O)O)NC(=O)[C@H](Cc2c[nH]c3ccccc23)NC(=O)CCCCCNC(=O)[C@H](CCCCN)NC(=O)[C@H](Cc2ccc(O)cc2)NC(=O)[C@H](C(C)C)NC1=O)C(=O)CCN. The highest BCUT2D eigenvalue weighted by Crippen LogP contribution is 2.25. The molecular weight excluding hydrogens is 1270 g/mol. The summed E-state index contributed by atoms with van der Waals surface area (Å²) < 4.78 is 0. The third-order valence-electron chi connectivity index (χ3n) is 15.5. The van der Waals surface area contributed by atoms with Crippen LogP contribution in [0.15, 0.2) is 79.0 Å². The molecule has 0 unspecified atom stereocenters. The fraction of sp³-hybridized carbons (Fsp3) is 0.500. The Morgan fingerprint density at radius 3 is 1.92 bits per heavy atom. The number of nitrogens with one attached hydrogen (secondary N) is 10. The van der Waals surface area contributed by atoms with Crippen molar-refractivity contribution in [2.45, 2.75) is 153 Å². The molecule has 0 radical (unpaired) electrons. The second-order valence-corrected chi connectivity index (χ2v) is 25.9. The summed E-state index contributed by atoms with van der Waals surface area (Å²) in [6.45, 7) is 4.94. The normalized spacial score (nSPS) is 20.9. The number of aromatic nitrogens is 1. The summed E-state index contributed by atoms with van der Waals surface area (Å²) in [6, 6.07) is 7.38. The second kappa shape index (κ2) is 39.7. The number of amides is 11. The summed E-state index contributed by atoms with van der Waals surface area (Å²) >= 11 is 0. The lowest BCUT2D eigenvalue weighted by Gasteiger charge is -2.29. The number of primary amides is 1. The number of aromatic amines is 1. The van der Waals surface area contributed by atoms with Crippen LogP contribution in [0.1, 0.15) is 102 Å². The van der Waals surface area contributed by atoms with Crippen LogP contribution >= 0.6 is 21.6 Å². The molecule has 11 amide bonds. The molecule has 4 aromatic rings. The van der Waals surface area contributed by atoms with Gasteiger partial charge in [-0.2, -0.15) is 0 Å². The van der Waals surface area contributed by atoms with Crippen LogP contribution in [0.25, 0.3) is 10.9 Å². The Morgan fingerprint density at radius 2 is 1.28 bits per heavy atom. The maximum atomic E-state index is 14.9. The highest BCUT2D eigenvalue weighted by molar-refractivity contribution is 8.76. The summed E-state index contributed by atoms with van der Waals surface area (Å²) in [4.78, 5) is 171. The number of aromatic hydroxyl groups is 2. The van der Waals surface area contributed by atoms with Crippen molar-refractivity contribution in [1.29, 1.82) is 0 Å². The average Bonchev–Trinajstić information content (AvgIpc) is 1.79. The quantitative estimate of drug-likeness (QED) is 0.0340. The molecular formula is C64H90N14O15S2. The van der Waals surface area contributed by atoms with Crippen molar-refractivity contribution in [2.75, 3.05) is 44.2 Å². The zero-order valence-corrected chi connectivity index (χ0v) is 55.2. The van der Waals surface area contributed by atoms with Gasteiger partial charge in [-0.3, -0.25) is 57.5 Å². The number of carbonyl (C=O) groups is 12. The Bertz CT molecular complexity index is 3260. The Morgan fingerprint density at radius 1 is 0.663 bits per heavy atom. The molecule has 3 aromatic carbocycles. The van der Waals surface area contributed by atoms with Crippen LogP contribution in [0.4, 0.5) is 0 Å². The van der Waals surface area contributed by atoms with Gasteiger partial charge in [-0.15, -0.1) is 0 Å². The number of nitrogens with zero attached hydrogens (tertiary/aromatic N) is 1. The van der Waals surface area contributed by atoms with Gasteiger partial charge in [0.15, 0.2) is 0 Å². The fourth-order valence-electron chi connectivity index (χ4n) is 10.2. The van der Waals surface area contributed by atoms with E-state index in [0.29, 0.717) is 55.3 Å². The van der Waals surface area contributed by atoms with Crippen LogP contribution in [-0.2, 0) is 76.8 Å². The van der Waals surface area contributed by atoms with Gasteiger partial charge in [0.05, 0.1) is 6.54 Å². The molecule has 29 nitrogen and oxygen atoms in total. The molecule has 1 aliphatic heterocycles. The van der Waals surface area contributed by atoms with Crippen LogP contribution in [0, 0.1) is 5.92 Å². The molecule has 0 bridgehead atoms. The van der Waals surface area contributed by atoms with Gasteiger partial charge in [0, 0.05) is 86.8 Å². The minimum Gasteiger partial charge on any atom is -0.508 e. The van der Waals surface area contributed by atoms with E-state index >= 15 is 0 Å². The molecule has 0 aliphatic carbocycles. The van der Waals surface area contributed by atoms with Crippen LogP contribution < -0.4 is 65.1 Å². The van der Waals surface area contributed by atoms with Gasteiger partial charge in [-0.1, -0.05) is 84.3 Å². The highest BCUT2D eigenvalue weighted by Gasteiger charge is 2.36. The molecule has 5 rings (SSSR count). The predicted molar refractivity (Wildman–Crippen MR) is 357 cm³/mol. The first-order valence-electron chi connectivity index (χ1n) is 31.6. The number of fused-ring (bicyclic) bond motifs is 1. The number of benzene rings is 3. The molecule has 19 N–H and O–H groups in total. The molecule has 1 fully saturated rings. The van der Waals surface area contributed by atoms with Gasteiger partial charge < -0.3 is 90.3 Å². The molecule has 2 heterocycles. The van der Waals surface area contributed by atoms with Gasteiger partial charge >= 0.3 is 5.97 Å². The van der Waals surface area contributed by atoms with E-state index in [0.717, 1.165) is 32.5 Å². The number of para-hydroxylation sites is 1. The Kier molecular flexibility index (Phi) is 32.1. The Labute approximate surface area is 558 Å². The number of aliphatic carboxylic acids is 1. The first kappa shape index (κ1) is 76.8. The number of carbonyl (C=O) groups excluding carboxylic acids is 11. The van der Waals surface area contributed by atoms with E-state index in [-0.39, 0.29) is 81.2 Å². The lowest BCUT2D eigenvalue weighted by atomic mass is 10.00. The minimum atomic E-state index is -1.59. The number of H-pyrrole nitrogens is 1. The van der Waals surface area contributed by atoms with Crippen molar-refractivity contribution in [3.63, 3.8) is 0 Å². The first-order valence-corrected chi connectivity index (χ1v) is 34.1. The molecule has 8 atom stereocenters. The molecule has 0 spiro atoms. The van der Waals surface area contributed by atoms with Gasteiger partial charge in [-0.05, 0) is 105 Å². The summed E-state index contributed by atoms with van der Waals surface area (Å²) in [5, 5.41) is 54.9. The number of carboxylic acid groups (broad SMARTS) is 1. The summed E-state index contributed by atoms with van der Waals surface area (Å²) in [6.07, 6.45) is 2.20. The number of unbranched alkanes of at least 4 members (excludes halogenated alkanes) is 1. The number of rotatable bonds is 23. The third kappa shape index (κ3) is 26.1. The Balaban J connectivity index is 1.54. The molecule has 0 saturated carbocycles. The zero-order valence-electron chi connectivity index (χ0n) is 53.6. The smallest absolute Gasteiger partial charge is 0.303 e. The summed E-state index contributed by atoms with van der Waals surface area (Å²) in [7, 11) is 1.79. The molecule has 1 aliphatic rings. The van der Waals surface area contributed by atoms with Crippen molar-refractivity contribution in [3.8, 4) is 11.5 Å². The maximum Gasteiger partial charge on any atom is 0.303 e. The standard InChI is InChI=1S/C64H90N14O15S2/c1-4-78(54(83)26-28-66)34-53(82)71-47(30-38-16-20-41(79)21-17-38)60(89)76-51-36-95-94-35-50(57(67)86)75-59(88)46(24-25-55(84)85)73-62(91)49(32-40-33-69-44-13-8-7-12-43(40)44)70-52(81)15-6-5-11-29-68-58(87)45(14-9-10-27-65)72-61(90)48(31-39-18-22-42(80)23-19-39)74-64(93)56(37(2)3)77-63(51)92/h7-8,12-13,16-23,33,37,45-51,56,69,79-80H,4-6,9-11,14-15,24-32,34-36,65-66H2,1-3H3,(H2,67,86)(H,68,87)(H,70,81)(H,71,82)(H,72,90)(H,73,91)(H,74,93)(H,75,88)(H,76,89)(H,77,92)(H,84,85)/t45-,46-,47-,48-,49-,50-,51-,56-/m0/s1. The molecule has 1 saturated heterocycles. The fourth-order valence-corrected chi connectivity index (χ4v) is 12.5. The van der Waals surface area contributed by atoms with Crippen LogP contribution in [-0.4, -0.2) is 189 Å². The van der Waals surface area contributed by atoms with E-state index in [1.165, 1.54) is 53.4 Å². The van der Waals surface area contributed by atoms with Gasteiger partial charge in [0.2, 0.25) is 65.0 Å². The number of likely N-dealkylation sites (N-methyl/N-ethyl adjacent to an activating group) is 1. The lowest BCUT2D eigenvalue weighted by molar-refractivity contribution is -0.138. The van der Waals surface area contributed by atoms with Gasteiger partial charge in [0.1, 0.15) is 59.8 Å². The zero-order chi connectivity index (χ0) is 69.6. The second-order valence-electron chi connectivity index (χ2n) is 23.3. The van der Waals surface area contributed by atoms with Gasteiger partial charge in [-0.25, -0.2) is 0 Å². The van der Waals surface area contributed by atoms with E-state index in [4.69, 9.17) is 17.2 Å². The van der Waals surface area contributed by atoms with Crippen LogP contribution in [0.5, 0.6) is 11.5 Å². The van der Waals surface area contributed by atoms with E-state index in [2.05, 4.69) is 52.8 Å². The summed E-state index contributed by atoms with van der Waals surface area (Å²) in [5.74, 6) is -11.6.